The Morgan fingerprint density at radius 1 is 0.367 bits per heavy atom. The maximum Gasteiger partial charge on any atom is 0.305 e. The van der Waals surface area contributed by atoms with Gasteiger partial charge in [0.25, 0.3) is 0 Å². The van der Waals surface area contributed by atoms with Crippen LogP contribution in [0.5, 0.6) is 0 Å². The highest BCUT2D eigenvalue weighted by atomic mass is 16.5. The molecule has 356 valence electrons. The third kappa shape index (κ3) is 43.0. The minimum atomic E-state index is -0.708. The van der Waals surface area contributed by atoms with E-state index in [1.165, 1.54) is 154 Å². The van der Waals surface area contributed by atoms with Crippen LogP contribution in [0.1, 0.15) is 278 Å². The molecule has 0 saturated heterocycles. The molecule has 7 nitrogen and oxygen atoms in total. The summed E-state index contributed by atoms with van der Waals surface area (Å²) in [6.45, 7) is 13.3. The number of nitrogens with zero attached hydrogens (tertiary/aromatic N) is 1. The summed E-state index contributed by atoms with van der Waals surface area (Å²) in [6.07, 6.45) is 44.6. The molecule has 0 rings (SSSR count). The van der Waals surface area contributed by atoms with E-state index in [1.54, 1.807) is 0 Å². The molecule has 0 aromatic heterocycles. The Morgan fingerprint density at radius 3 is 0.983 bits per heavy atom. The highest BCUT2D eigenvalue weighted by Crippen LogP contribution is 2.22. The summed E-state index contributed by atoms with van der Waals surface area (Å²) in [5.41, 5.74) is 0. The van der Waals surface area contributed by atoms with Crippen molar-refractivity contribution in [1.82, 2.24) is 4.90 Å². The molecule has 1 N–H and O–H groups in total. The molecule has 0 saturated carbocycles. The smallest absolute Gasteiger partial charge is 0.305 e. The molecule has 7 heteroatoms. The number of unbranched alkanes of at least 4 members (excludes halogenated alkanes) is 25. The first-order valence-corrected chi connectivity index (χ1v) is 26.6. The van der Waals surface area contributed by atoms with Gasteiger partial charge in [0, 0.05) is 19.3 Å². The first-order valence-electron chi connectivity index (χ1n) is 26.6. The Bertz CT molecular complexity index is 865. The molecule has 0 aromatic carbocycles. The maximum absolute atomic E-state index is 12.6. The summed E-state index contributed by atoms with van der Waals surface area (Å²) >= 11 is 0. The monoisotopic (exact) mass is 850 g/mol. The molecule has 0 bridgehead atoms. The molecule has 60 heavy (non-hydrogen) atoms. The van der Waals surface area contributed by atoms with Crippen molar-refractivity contribution in [2.75, 3.05) is 32.8 Å². The molecule has 0 aliphatic rings. The number of hydrogen-bond donors (Lipinski definition) is 1. The fourth-order valence-electron chi connectivity index (χ4n) is 8.55. The predicted octanol–water partition coefficient (Wildman–Crippen LogP) is 16.0. The lowest BCUT2D eigenvalue weighted by Crippen LogP contribution is -2.27. The van der Waals surface area contributed by atoms with Gasteiger partial charge in [-0.25, -0.2) is 0 Å². The average molecular weight is 850 g/mol. The van der Waals surface area contributed by atoms with E-state index >= 15 is 0 Å². The number of carbonyl (C=O) groups excluding carboxylic acids is 2. The van der Waals surface area contributed by atoms with Crippen LogP contribution in [0.25, 0.3) is 0 Å². The van der Waals surface area contributed by atoms with Gasteiger partial charge >= 0.3 is 17.9 Å². The predicted molar refractivity (Wildman–Crippen MR) is 256 cm³/mol. The Morgan fingerprint density at radius 2 is 0.633 bits per heavy atom. The second-order valence-corrected chi connectivity index (χ2v) is 18.6. The molecule has 0 spiro atoms. The molecule has 0 radical (unpaired) electrons. The molecule has 0 aromatic rings. The van der Waals surface area contributed by atoms with Crippen molar-refractivity contribution in [3.05, 3.63) is 0 Å². The zero-order chi connectivity index (χ0) is 44.0. The third-order valence-electron chi connectivity index (χ3n) is 12.6. The number of rotatable bonds is 49. The molecule has 2 atom stereocenters. The number of carboxylic acids is 1. The summed E-state index contributed by atoms with van der Waals surface area (Å²) < 4.78 is 11.6. The summed E-state index contributed by atoms with van der Waals surface area (Å²) in [4.78, 5) is 38.8. The highest BCUT2D eigenvalue weighted by molar-refractivity contribution is 5.69. The van der Waals surface area contributed by atoms with E-state index in [1.807, 2.05) is 0 Å². The van der Waals surface area contributed by atoms with Gasteiger partial charge in [-0.2, -0.15) is 0 Å². The number of hydrogen-bond acceptors (Lipinski definition) is 6. The summed E-state index contributed by atoms with van der Waals surface area (Å²) in [6, 6.07) is 0. The van der Waals surface area contributed by atoms with Crippen LogP contribution in [0.2, 0.25) is 0 Å². The van der Waals surface area contributed by atoms with Crippen LogP contribution in [-0.4, -0.2) is 60.8 Å². The highest BCUT2D eigenvalue weighted by Gasteiger charge is 2.14. The number of carboxylic acid groups (broad SMARTS) is 1. The van der Waals surface area contributed by atoms with Gasteiger partial charge in [-0.3, -0.25) is 14.4 Å². The second kappa shape index (κ2) is 46.9. The van der Waals surface area contributed by atoms with Crippen LogP contribution in [0.4, 0.5) is 0 Å². The van der Waals surface area contributed by atoms with E-state index in [2.05, 4.69) is 32.6 Å². The van der Waals surface area contributed by atoms with Crippen molar-refractivity contribution in [3.63, 3.8) is 0 Å². The normalized spacial score (nSPS) is 12.6. The van der Waals surface area contributed by atoms with Crippen LogP contribution in [0.15, 0.2) is 0 Å². The molecule has 0 aliphatic heterocycles. The number of ether oxygens (including phenoxy) is 2. The lowest BCUT2D eigenvalue weighted by molar-refractivity contribution is -0.146. The van der Waals surface area contributed by atoms with Gasteiger partial charge in [0.2, 0.25) is 0 Å². The minimum Gasteiger partial charge on any atom is -0.481 e. The largest absolute Gasteiger partial charge is 0.481 e. The molecule has 0 amide bonds. The second-order valence-electron chi connectivity index (χ2n) is 18.6. The number of esters is 2. The van der Waals surface area contributed by atoms with Crippen molar-refractivity contribution in [3.8, 4) is 0 Å². The van der Waals surface area contributed by atoms with Gasteiger partial charge in [-0.1, -0.05) is 195 Å². The van der Waals surface area contributed by atoms with Crippen LogP contribution in [-0.2, 0) is 23.9 Å². The summed E-state index contributed by atoms with van der Waals surface area (Å²) in [5, 5.41) is 9.09. The Kier molecular flexibility index (Phi) is 45.6. The van der Waals surface area contributed by atoms with E-state index in [-0.39, 0.29) is 18.4 Å². The van der Waals surface area contributed by atoms with Crippen LogP contribution >= 0.6 is 0 Å². The average Bonchev–Trinajstić information content (AvgIpc) is 3.24. The van der Waals surface area contributed by atoms with Gasteiger partial charge in [0.05, 0.1) is 13.2 Å². The summed E-state index contributed by atoms with van der Waals surface area (Å²) in [5.74, 6) is 0.304. The Hall–Kier alpha value is -1.63. The number of aliphatic carboxylic acids is 1. The third-order valence-corrected chi connectivity index (χ3v) is 12.6. The Balaban J connectivity index is 4.35. The van der Waals surface area contributed by atoms with Gasteiger partial charge in [-0.15, -0.1) is 0 Å². The first kappa shape index (κ1) is 58.4. The molecule has 0 aliphatic carbocycles. The van der Waals surface area contributed by atoms with Gasteiger partial charge in [-0.05, 0) is 95.7 Å². The van der Waals surface area contributed by atoms with Gasteiger partial charge in [0.1, 0.15) is 0 Å². The van der Waals surface area contributed by atoms with Gasteiger partial charge < -0.3 is 19.5 Å². The molecular weight excluding hydrogens is 747 g/mol. The summed E-state index contributed by atoms with van der Waals surface area (Å²) in [7, 11) is 0. The van der Waals surface area contributed by atoms with Gasteiger partial charge in [0.15, 0.2) is 0 Å². The van der Waals surface area contributed by atoms with Crippen molar-refractivity contribution in [2.45, 2.75) is 278 Å². The van der Waals surface area contributed by atoms with Crippen molar-refractivity contribution in [2.24, 2.45) is 11.8 Å². The van der Waals surface area contributed by atoms with E-state index in [9.17, 15) is 14.4 Å². The van der Waals surface area contributed by atoms with Crippen molar-refractivity contribution in [1.29, 1.82) is 0 Å². The lowest BCUT2D eigenvalue weighted by Gasteiger charge is -2.22. The van der Waals surface area contributed by atoms with Crippen LogP contribution in [0.3, 0.4) is 0 Å². The number of carbonyl (C=O) groups is 3. The fourth-order valence-corrected chi connectivity index (χ4v) is 8.55. The quantitative estimate of drug-likeness (QED) is 0.0481. The zero-order valence-corrected chi connectivity index (χ0v) is 40.7. The molecule has 0 heterocycles. The van der Waals surface area contributed by atoms with E-state index in [0.717, 1.165) is 96.7 Å². The molecule has 2 unspecified atom stereocenters. The molecular formula is C53H103NO6. The fraction of sp³-hybridized carbons (Fsp3) is 0.943. The van der Waals surface area contributed by atoms with Crippen molar-refractivity contribution < 1.29 is 29.0 Å². The van der Waals surface area contributed by atoms with Crippen LogP contribution in [0, 0.1) is 11.8 Å². The first-order chi connectivity index (χ1) is 29.4. The van der Waals surface area contributed by atoms with E-state index < -0.39 is 5.97 Å². The minimum absolute atomic E-state index is 0.0142. The van der Waals surface area contributed by atoms with E-state index in [0.29, 0.717) is 37.9 Å². The van der Waals surface area contributed by atoms with Crippen molar-refractivity contribution >= 4 is 17.9 Å². The SMILES string of the molecule is CCCCCCCCC(CCCCCC)COC(=O)CCCCCCCN(CCCCCCCC(=O)OCC(CCCCCC)CCCCCCCC)CCCCC(=O)O. The topological polar surface area (TPSA) is 93.1 Å². The zero-order valence-electron chi connectivity index (χ0n) is 40.7. The van der Waals surface area contributed by atoms with Crippen LogP contribution < -0.4 is 0 Å². The standard InChI is InChI=1S/C53H103NO6/c1-5-9-13-17-21-29-39-49(37-27-15-11-7-3)47-59-52(57)42-31-23-19-25-34-44-54(46-36-33-41-51(55)56)45-35-26-20-24-32-43-53(58)60-48-50(38-28-16-12-8-4)40-30-22-18-14-10-6-2/h49-50H,5-48H2,1-4H3,(H,55,56). The lowest BCUT2D eigenvalue weighted by atomic mass is 9.95. The Labute approximate surface area is 373 Å². The van der Waals surface area contributed by atoms with E-state index in [4.69, 9.17) is 14.6 Å². The maximum atomic E-state index is 12.6. The molecule has 0 fully saturated rings.